The highest BCUT2D eigenvalue weighted by molar-refractivity contribution is 7.18. The Morgan fingerprint density at radius 3 is 2.76 bits per heavy atom. The predicted octanol–water partition coefficient (Wildman–Crippen LogP) is 4.41. The van der Waals surface area contributed by atoms with Crippen LogP contribution in [0.25, 0.3) is 10.2 Å². The SMILES string of the molecule is CC(C(=O)c1ccc2c(c1)N(C)C(=O)CO2)n1cnc2sc3c(c2c1=O)CCC(C(C)(C)C)C3. The largest absolute Gasteiger partial charge is 0.482 e. The van der Waals surface area contributed by atoms with Crippen LogP contribution in [-0.4, -0.2) is 34.9 Å². The average molecular weight is 480 g/mol. The number of amides is 1. The van der Waals surface area contributed by atoms with Crippen LogP contribution in [0.1, 0.15) is 61.0 Å². The zero-order valence-corrected chi connectivity index (χ0v) is 21.0. The quantitative estimate of drug-likeness (QED) is 0.520. The van der Waals surface area contributed by atoms with Crippen LogP contribution >= 0.6 is 11.3 Å². The third-order valence-corrected chi connectivity index (χ3v) is 8.51. The molecule has 178 valence electrons. The number of rotatable bonds is 3. The summed E-state index contributed by atoms with van der Waals surface area (Å²) >= 11 is 1.61. The predicted molar refractivity (Wildman–Crippen MR) is 133 cm³/mol. The van der Waals surface area contributed by atoms with Crippen molar-refractivity contribution in [3.8, 4) is 5.75 Å². The molecule has 0 fully saturated rings. The Bertz CT molecular complexity index is 1380. The van der Waals surface area contributed by atoms with Crippen LogP contribution in [0.4, 0.5) is 5.69 Å². The molecule has 0 N–H and O–H groups in total. The van der Waals surface area contributed by atoms with Crippen LogP contribution in [0.15, 0.2) is 29.3 Å². The number of fused-ring (bicyclic) bond motifs is 4. The van der Waals surface area contributed by atoms with Crippen molar-refractivity contribution in [2.75, 3.05) is 18.6 Å². The maximum atomic E-state index is 13.5. The van der Waals surface area contributed by atoms with E-state index in [9.17, 15) is 14.4 Å². The number of nitrogens with zero attached hydrogens (tertiary/aromatic N) is 3. The molecule has 3 aromatic rings. The lowest BCUT2D eigenvalue weighted by Crippen LogP contribution is -2.35. The molecule has 2 unspecified atom stereocenters. The minimum Gasteiger partial charge on any atom is -0.482 e. The number of carbonyl (C=O) groups is 2. The molecular formula is C26H29N3O4S. The molecule has 0 saturated carbocycles. The highest BCUT2D eigenvalue weighted by Gasteiger charge is 2.32. The molecule has 8 heteroatoms. The molecule has 1 aromatic carbocycles. The number of anilines is 1. The number of aryl methyl sites for hydroxylation is 1. The van der Waals surface area contributed by atoms with Crippen LogP contribution in [0.2, 0.25) is 0 Å². The summed E-state index contributed by atoms with van der Waals surface area (Å²) in [4.78, 5) is 47.0. The van der Waals surface area contributed by atoms with E-state index in [0.29, 0.717) is 28.3 Å². The van der Waals surface area contributed by atoms with Crippen molar-refractivity contribution >= 4 is 38.9 Å². The summed E-state index contributed by atoms with van der Waals surface area (Å²) in [6.45, 7) is 8.52. The Labute approximate surface area is 202 Å². The normalized spacial score (nSPS) is 18.9. The maximum Gasteiger partial charge on any atom is 0.264 e. The number of ether oxygens (including phenoxy) is 1. The third-order valence-electron chi connectivity index (χ3n) is 7.35. The van der Waals surface area contributed by atoms with Crippen LogP contribution in [0.5, 0.6) is 5.75 Å². The molecule has 0 saturated heterocycles. The number of Topliss-reactive ketones (excluding diaryl/α,β-unsaturated/α-hetero) is 1. The molecule has 1 aliphatic heterocycles. The van der Waals surface area contributed by atoms with Gasteiger partial charge in [0.2, 0.25) is 0 Å². The van der Waals surface area contributed by atoms with E-state index in [1.54, 1.807) is 43.5 Å². The molecule has 34 heavy (non-hydrogen) atoms. The minimum atomic E-state index is -0.727. The van der Waals surface area contributed by atoms with Gasteiger partial charge in [-0.3, -0.25) is 19.0 Å². The third kappa shape index (κ3) is 3.64. The van der Waals surface area contributed by atoms with Gasteiger partial charge in [0.25, 0.3) is 11.5 Å². The smallest absolute Gasteiger partial charge is 0.264 e. The van der Waals surface area contributed by atoms with Gasteiger partial charge in [0.1, 0.15) is 10.6 Å². The lowest BCUT2D eigenvalue weighted by molar-refractivity contribution is -0.120. The highest BCUT2D eigenvalue weighted by atomic mass is 32.1. The van der Waals surface area contributed by atoms with Gasteiger partial charge in [0, 0.05) is 17.5 Å². The standard InChI is InChI=1S/C26H29N3O4S/c1-14(23(31)15-6-9-19-18(10-15)28(5)21(30)12-33-19)29-13-27-24-22(25(29)32)17-8-7-16(26(2,3)4)11-20(17)34-24/h6,9-10,13-14,16H,7-8,11-12H2,1-5H3. The van der Waals surface area contributed by atoms with Gasteiger partial charge < -0.3 is 9.64 Å². The number of aromatic nitrogens is 2. The van der Waals surface area contributed by atoms with E-state index >= 15 is 0 Å². The first kappa shape index (κ1) is 22.8. The van der Waals surface area contributed by atoms with E-state index in [4.69, 9.17) is 4.74 Å². The van der Waals surface area contributed by atoms with Gasteiger partial charge in [-0.25, -0.2) is 4.98 Å². The molecule has 7 nitrogen and oxygen atoms in total. The Hall–Kier alpha value is -3.00. The molecule has 0 spiro atoms. The molecule has 2 atom stereocenters. The Kier molecular flexibility index (Phi) is 5.39. The van der Waals surface area contributed by atoms with Gasteiger partial charge in [-0.15, -0.1) is 11.3 Å². The number of hydrogen-bond donors (Lipinski definition) is 0. The summed E-state index contributed by atoms with van der Waals surface area (Å²) in [7, 11) is 1.66. The van der Waals surface area contributed by atoms with Crippen LogP contribution in [0.3, 0.4) is 0 Å². The van der Waals surface area contributed by atoms with Crippen LogP contribution in [-0.2, 0) is 17.6 Å². The monoisotopic (exact) mass is 479 g/mol. The second-order valence-corrected chi connectivity index (χ2v) is 11.5. The van der Waals surface area contributed by atoms with Crippen molar-refractivity contribution in [2.45, 2.75) is 53.0 Å². The second-order valence-electron chi connectivity index (χ2n) is 10.4. The molecule has 1 amide bonds. The zero-order chi connectivity index (χ0) is 24.4. The lowest BCUT2D eigenvalue weighted by atomic mass is 9.72. The number of hydrogen-bond acceptors (Lipinski definition) is 6. The summed E-state index contributed by atoms with van der Waals surface area (Å²) in [5, 5.41) is 0.665. The molecule has 5 rings (SSSR count). The maximum absolute atomic E-state index is 13.5. The van der Waals surface area contributed by atoms with E-state index in [1.165, 1.54) is 20.7 Å². The summed E-state index contributed by atoms with van der Waals surface area (Å²) in [6, 6.07) is 4.30. The first-order valence-corrected chi connectivity index (χ1v) is 12.5. The molecule has 0 radical (unpaired) electrons. The number of ketones is 1. The van der Waals surface area contributed by atoms with Crippen LogP contribution < -0.4 is 15.2 Å². The zero-order valence-electron chi connectivity index (χ0n) is 20.2. The van der Waals surface area contributed by atoms with Gasteiger partial charge >= 0.3 is 0 Å². The minimum absolute atomic E-state index is 0.0181. The van der Waals surface area contributed by atoms with Gasteiger partial charge in [0.05, 0.1) is 23.4 Å². The summed E-state index contributed by atoms with van der Waals surface area (Å²) in [6.07, 6.45) is 4.38. The van der Waals surface area contributed by atoms with E-state index in [1.807, 2.05) is 0 Å². The molecule has 1 aliphatic carbocycles. The van der Waals surface area contributed by atoms with Crippen molar-refractivity contribution in [3.05, 3.63) is 50.9 Å². The van der Waals surface area contributed by atoms with Gasteiger partial charge in [-0.1, -0.05) is 20.8 Å². The molecule has 2 aliphatic rings. The fourth-order valence-electron chi connectivity index (χ4n) is 4.99. The highest BCUT2D eigenvalue weighted by Crippen LogP contribution is 2.42. The van der Waals surface area contributed by atoms with Gasteiger partial charge in [-0.2, -0.15) is 0 Å². The van der Waals surface area contributed by atoms with Crippen molar-refractivity contribution in [3.63, 3.8) is 0 Å². The topological polar surface area (TPSA) is 81.5 Å². The molecule has 0 bridgehead atoms. The van der Waals surface area contributed by atoms with Crippen molar-refractivity contribution in [1.29, 1.82) is 0 Å². The van der Waals surface area contributed by atoms with E-state index < -0.39 is 6.04 Å². The Morgan fingerprint density at radius 2 is 2.03 bits per heavy atom. The summed E-state index contributed by atoms with van der Waals surface area (Å²) < 4.78 is 6.90. The number of thiophene rings is 1. The number of likely N-dealkylation sites (N-methyl/N-ethyl adjacent to an activating group) is 1. The van der Waals surface area contributed by atoms with E-state index in [-0.39, 0.29) is 29.3 Å². The van der Waals surface area contributed by atoms with Crippen molar-refractivity contribution in [1.82, 2.24) is 9.55 Å². The van der Waals surface area contributed by atoms with Gasteiger partial charge in [-0.05, 0) is 61.3 Å². The Morgan fingerprint density at radius 1 is 1.26 bits per heavy atom. The van der Waals surface area contributed by atoms with Crippen molar-refractivity contribution < 1.29 is 14.3 Å². The van der Waals surface area contributed by atoms with Gasteiger partial charge in [0.15, 0.2) is 12.4 Å². The van der Waals surface area contributed by atoms with E-state index in [2.05, 4.69) is 25.8 Å². The summed E-state index contributed by atoms with van der Waals surface area (Å²) in [5.41, 5.74) is 2.14. The first-order valence-electron chi connectivity index (χ1n) is 11.6. The van der Waals surface area contributed by atoms with Crippen molar-refractivity contribution in [2.24, 2.45) is 11.3 Å². The number of carbonyl (C=O) groups excluding carboxylic acids is 2. The molecule has 3 heterocycles. The molecule has 2 aromatic heterocycles. The number of benzene rings is 1. The lowest BCUT2D eigenvalue weighted by Gasteiger charge is -2.33. The molecular weight excluding hydrogens is 450 g/mol. The van der Waals surface area contributed by atoms with E-state index in [0.717, 1.165) is 29.7 Å². The Balaban J connectivity index is 1.49. The fraction of sp³-hybridized carbons (Fsp3) is 0.462. The average Bonchev–Trinajstić information content (AvgIpc) is 3.19. The van der Waals surface area contributed by atoms with Crippen LogP contribution in [0, 0.1) is 11.3 Å². The fourth-order valence-corrected chi connectivity index (χ4v) is 6.24. The first-order chi connectivity index (χ1) is 16.1. The second kappa shape index (κ2) is 8.05. The summed E-state index contributed by atoms with van der Waals surface area (Å²) in [5.74, 6) is 0.750.